The van der Waals surface area contributed by atoms with Crippen LogP contribution in [0.15, 0.2) is 9.66 Å². The quantitative estimate of drug-likeness (QED) is 0.427. The average molecular weight is 252 g/mol. The van der Waals surface area contributed by atoms with Crippen molar-refractivity contribution in [3.63, 3.8) is 0 Å². The normalized spacial score (nSPS) is 28.0. The molecule has 1 unspecified atom stereocenters. The molecule has 10 heavy (non-hydrogen) atoms. The van der Waals surface area contributed by atoms with Gasteiger partial charge in [-0.05, 0) is 10.5 Å². The number of ether oxygens (including phenoxy) is 1. The van der Waals surface area contributed by atoms with Crippen LogP contribution >= 0.6 is 22.6 Å². The van der Waals surface area contributed by atoms with Crippen molar-refractivity contribution in [2.45, 2.75) is 25.9 Å². The van der Waals surface area contributed by atoms with Gasteiger partial charge in [-0.25, -0.2) is 4.79 Å². The van der Waals surface area contributed by atoms with Crippen LogP contribution in [0.3, 0.4) is 0 Å². The summed E-state index contributed by atoms with van der Waals surface area (Å²) in [4.78, 5) is 10.7. The lowest BCUT2D eigenvalue weighted by atomic mass is 10.0. The van der Waals surface area contributed by atoms with Gasteiger partial charge < -0.3 is 4.74 Å². The van der Waals surface area contributed by atoms with Crippen LogP contribution in [0.2, 0.25) is 0 Å². The summed E-state index contributed by atoms with van der Waals surface area (Å²) in [7, 11) is 0. The average Bonchev–Trinajstić information content (AvgIpc) is 1.88. The van der Waals surface area contributed by atoms with Crippen LogP contribution in [0.1, 0.15) is 19.8 Å². The van der Waals surface area contributed by atoms with E-state index in [-0.39, 0.29) is 12.1 Å². The highest BCUT2D eigenvalue weighted by Gasteiger charge is 2.34. The lowest BCUT2D eigenvalue weighted by Gasteiger charge is -2.27. The van der Waals surface area contributed by atoms with Crippen molar-refractivity contribution in [2.24, 2.45) is 0 Å². The summed E-state index contributed by atoms with van der Waals surface area (Å²) in [5.41, 5.74) is 0.836. The summed E-state index contributed by atoms with van der Waals surface area (Å²) < 4.78 is 6.68. The maximum absolute atomic E-state index is 10.7. The molecule has 0 N–H and O–H groups in total. The first-order chi connectivity index (χ1) is 4.79. The Morgan fingerprint density at radius 2 is 2.50 bits per heavy atom. The van der Waals surface area contributed by atoms with E-state index in [9.17, 15) is 4.79 Å². The molecule has 0 amide bonds. The first-order valence-corrected chi connectivity index (χ1v) is 4.55. The van der Waals surface area contributed by atoms with Gasteiger partial charge in [0.25, 0.3) is 0 Å². The molecule has 1 fully saturated rings. The Morgan fingerprint density at radius 1 is 1.80 bits per heavy atom. The molecule has 3 heteroatoms. The van der Waals surface area contributed by atoms with Crippen molar-refractivity contribution in [1.29, 1.82) is 0 Å². The molecular formula is C7H9IO2. The summed E-state index contributed by atoms with van der Waals surface area (Å²) in [5.74, 6) is -0.146. The summed E-state index contributed by atoms with van der Waals surface area (Å²) in [6.45, 7) is 2.08. The smallest absolute Gasteiger partial charge is 0.338 e. The van der Waals surface area contributed by atoms with Crippen LogP contribution in [-0.4, -0.2) is 12.1 Å². The molecule has 0 aromatic rings. The van der Waals surface area contributed by atoms with E-state index in [1.807, 2.05) is 4.08 Å². The Bertz CT molecular complexity index is 174. The van der Waals surface area contributed by atoms with Crippen LogP contribution < -0.4 is 0 Å². The Morgan fingerprint density at radius 3 is 2.90 bits per heavy atom. The number of halogens is 1. The maximum atomic E-state index is 10.7. The highest BCUT2D eigenvalue weighted by molar-refractivity contribution is 14.1. The second kappa shape index (κ2) is 3.37. The Balaban J connectivity index is 2.46. The third-order valence-corrected chi connectivity index (χ3v) is 2.17. The van der Waals surface area contributed by atoms with Gasteiger partial charge in [-0.3, -0.25) is 0 Å². The third kappa shape index (κ3) is 1.33. The van der Waals surface area contributed by atoms with Crippen molar-refractivity contribution in [1.82, 2.24) is 0 Å². The van der Waals surface area contributed by atoms with Gasteiger partial charge in [0.15, 0.2) is 0 Å². The molecule has 0 saturated carbocycles. The van der Waals surface area contributed by atoms with Crippen molar-refractivity contribution < 1.29 is 9.53 Å². The molecule has 1 heterocycles. The molecule has 2 nitrogen and oxygen atoms in total. The molecule has 0 aliphatic carbocycles. The first kappa shape index (κ1) is 8.04. The van der Waals surface area contributed by atoms with Crippen molar-refractivity contribution in [3.05, 3.63) is 9.66 Å². The zero-order valence-electron chi connectivity index (χ0n) is 5.76. The van der Waals surface area contributed by atoms with Crippen molar-refractivity contribution in [2.75, 3.05) is 0 Å². The van der Waals surface area contributed by atoms with Gasteiger partial charge in [0.2, 0.25) is 0 Å². The SMILES string of the molecule is CCCC1OC(=O)/C1=C\I. The second-order valence-corrected chi connectivity index (χ2v) is 2.87. The zero-order chi connectivity index (χ0) is 7.56. The number of hydrogen-bond donors (Lipinski definition) is 0. The van der Waals surface area contributed by atoms with Gasteiger partial charge in [-0.2, -0.15) is 0 Å². The largest absolute Gasteiger partial charge is 0.454 e. The third-order valence-electron chi connectivity index (χ3n) is 1.50. The standard InChI is InChI=1S/C7H9IO2/c1-2-3-6-5(4-8)7(9)10-6/h4,6H,2-3H2,1H3/b5-4-. The first-order valence-electron chi connectivity index (χ1n) is 3.30. The molecule has 0 spiro atoms. The Hall–Kier alpha value is -0.0600. The fourth-order valence-electron chi connectivity index (χ4n) is 0.926. The van der Waals surface area contributed by atoms with E-state index in [0.29, 0.717) is 0 Å². The predicted octanol–water partition coefficient (Wildman–Crippen LogP) is 2.03. The fourth-order valence-corrected chi connectivity index (χ4v) is 1.58. The van der Waals surface area contributed by atoms with E-state index in [4.69, 9.17) is 4.74 Å². The van der Waals surface area contributed by atoms with Gasteiger partial charge in [0, 0.05) is 0 Å². The van der Waals surface area contributed by atoms with E-state index < -0.39 is 0 Å². The number of hydrogen-bond acceptors (Lipinski definition) is 2. The van der Waals surface area contributed by atoms with Gasteiger partial charge in [0.1, 0.15) is 6.10 Å². The van der Waals surface area contributed by atoms with E-state index in [0.717, 1.165) is 18.4 Å². The highest BCUT2D eigenvalue weighted by atomic mass is 127. The second-order valence-electron chi connectivity index (χ2n) is 2.25. The number of esters is 1. The Kier molecular flexibility index (Phi) is 2.71. The van der Waals surface area contributed by atoms with E-state index in [1.165, 1.54) is 0 Å². The number of rotatable bonds is 2. The minimum Gasteiger partial charge on any atom is -0.454 e. The van der Waals surface area contributed by atoms with Crippen LogP contribution in [0, 0.1) is 0 Å². The molecule has 1 atom stereocenters. The summed E-state index contributed by atoms with van der Waals surface area (Å²) in [6, 6.07) is 0. The summed E-state index contributed by atoms with van der Waals surface area (Å²) in [6.07, 6.45) is 2.11. The molecular weight excluding hydrogens is 243 g/mol. The molecule has 56 valence electrons. The predicted molar refractivity (Wildman–Crippen MR) is 46.9 cm³/mol. The molecule has 0 aromatic carbocycles. The summed E-state index contributed by atoms with van der Waals surface area (Å²) in [5, 5.41) is 0. The van der Waals surface area contributed by atoms with E-state index >= 15 is 0 Å². The van der Waals surface area contributed by atoms with Crippen LogP contribution in [-0.2, 0) is 9.53 Å². The van der Waals surface area contributed by atoms with Crippen LogP contribution in [0.4, 0.5) is 0 Å². The van der Waals surface area contributed by atoms with E-state index in [2.05, 4.69) is 29.5 Å². The lowest BCUT2D eigenvalue weighted by molar-refractivity contribution is -0.156. The minimum atomic E-state index is -0.146. The molecule has 1 aliphatic heterocycles. The number of carbonyl (C=O) groups is 1. The summed E-state index contributed by atoms with van der Waals surface area (Å²) >= 11 is 2.07. The molecule has 0 radical (unpaired) electrons. The van der Waals surface area contributed by atoms with Crippen molar-refractivity contribution in [3.8, 4) is 0 Å². The molecule has 1 rings (SSSR count). The van der Waals surface area contributed by atoms with Crippen LogP contribution in [0.5, 0.6) is 0 Å². The number of carbonyl (C=O) groups excluding carboxylic acids is 1. The molecule has 1 aliphatic rings. The van der Waals surface area contributed by atoms with Gasteiger partial charge in [0.05, 0.1) is 5.57 Å². The Labute approximate surface area is 73.8 Å². The minimum absolute atomic E-state index is 0.0920. The molecule has 1 saturated heterocycles. The van der Waals surface area contributed by atoms with Gasteiger partial charge in [-0.15, -0.1) is 0 Å². The van der Waals surface area contributed by atoms with E-state index in [1.54, 1.807) is 0 Å². The highest BCUT2D eigenvalue weighted by Crippen LogP contribution is 2.26. The molecule has 0 aromatic heterocycles. The molecule has 0 bridgehead atoms. The van der Waals surface area contributed by atoms with Crippen LogP contribution in [0.25, 0.3) is 0 Å². The lowest BCUT2D eigenvalue weighted by Crippen LogP contribution is -2.36. The zero-order valence-corrected chi connectivity index (χ0v) is 7.92. The van der Waals surface area contributed by atoms with Gasteiger partial charge >= 0.3 is 5.97 Å². The fraction of sp³-hybridized carbons (Fsp3) is 0.571. The monoisotopic (exact) mass is 252 g/mol. The van der Waals surface area contributed by atoms with Gasteiger partial charge in [-0.1, -0.05) is 35.9 Å². The maximum Gasteiger partial charge on any atom is 0.338 e. The van der Waals surface area contributed by atoms with Crippen molar-refractivity contribution >= 4 is 28.6 Å². The topological polar surface area (TPSA) is 26.3 Å². The number of cyclic esters (lactones) is 1.